The van der Waals surface area contributed by atoms with Crippen LogP contribution in [0.25, 0.3) is 4.96 Å². The van der Waals surface area contributed by atoms with Crippen LogP contribution in [-0.4, -0.2) is 21.9 Å². The lowest BCUT2D eigenvalue weighted by molar-refractivity contribution is -0.121. The van der Waals surface area contributed by atoms with E-state index in [1.54, 1.807) is 34.4 Å². The first-order chi connectivity index (χ1) is 10.2. The average Bonchev–Trinajstić information content (AvgIpc) is 3.03. The minimum absolute atomic E-state index is 0.0408. The van der Waals surface area contributed by atoms with E-state index in [0.29, 0.717) is 23.7 Å². The van der Waals surface area contributed by atoms with Crippen LogP contribution in [-0.2, 0) is 11.3 Å². The van der Waals surface area contributed by atoms with Crippen LogP contribution in [0.2, 0.25) is 0 Å². The fourth-order valence-corrected chi connectivity index (χ4v) is 3.13. The number of nitrogens with two attached hydrogens (primary N) is 1. The Morgan fingerprint density at radius 1 is 1.43 bits per heavy atom. The van der Waals surface area contributed by atoms with Crippen molar-refractivity contribution in [2.45, 2.75) is 6.54 Å². The van der Waals surface area contributed by atoms with Gasteiger partial charge in [-0.1, -0.05) is 0 Å². The number of nitrogens with zero attached hydrogens (tertiary/aromatic N) is 3. The molecule has 2 aromatic heterocycles. The van der Waals surface area contributed by atoms with Crippen LogP contribution in [0.3, 0.4) is 0 Å². The second kappa shape index (κ2) is 4.49. The van der Waals surface area contributed by atoms with Crippen molar-refractivity contribution in [1.82, 2.24) is 9.38 Å². The van der Waals surface area contributed by atoms with Crippen molar-refractivity contribution in [1.29, 1.82) is 0 Å². The summed E-state index contributed by atoms with van der Waals surface area (Å²) < 4.78 is 7.38. The number of carbonyl (C=O) groups excluding carboxylic acids is 1. The van der Waals surface area contributed by atoms with Crippen molar-refractivity contribution in [2.24, 2.45) is 0 Å². The summed E-state index contributed by atoms with van der Waals surface area (Å²) in [5.74, 6) is 0.578. The topological polar surface area (TPSA) is 72.9 Å². The highest BCUT2D eigenvalue weighted by molar-refractivity contribution is 7.15. The first-order valence-corrected chi connectivity index (χ1v) is 7.32. The Balaban J connectivity index is 1.72. The second-order valence-electron chi connectivity index (χ2n) is 4.82. The number of hydrogen-bond acceptors (Lipinski definition) is 5. The molecule has 0 atom stereocenters. The molecule has 7 heteroatoms. The van der Waals surface area contributed by atoms with Crippen LogP contribution in [0.15, 0.2) is 36.0 Å². The lowest BCUT2D eigenvalue weighted by Gasteiger charge is -2.29. The van der Waals surface area contributed by atoms with Crippen molar-refractivity contribution in [2.75, 3.05) is 17.2 Å². The zero-order valence-corrected chi connectivity index (χ0v) is 11.8. The highest BCUT2D eigenvalue weighted by Gasteiger charge is 2.26. The predicted octanol–water partition coefficient (Wildman–Crippen LogP) is 1.90. The summed E-state index contributed by atoms with van der Waals surface area (Å²) in [6, 6.07) is 5.31. The van der Waals surface area contributed by atoms with Crippen LogP contribution in [0.4, 0.5) is 11.4 Å². The molecule has 1 aliphatic rings. The zero-order valence-electron chi connectivity index (χ0n) is 11.0. The van der Waals surface area contributed by atoms with Crippen molar-refractivity contribution in [3.8, 4) is 5.75 Å². The quantitative estimate of drug-likeness (QED) is 0.734. The molecule has 0 fully saturated rings. The van der Waals surface area contributed by atoms with Gasteiger partial charge in [-0.3, -0.25) is 14.1 Å². The molecule has 6 nitrogen and oxygen atoms in total. The van der Waals surface area contributed by atoms with E-state index in [9.17, 15) is 4.79 Å². The number of rotatable bonds is 2. The van der Waals surface area contributed by atoms with Crippen LogP contribution in [0.1, 0.15) is 5.69 Å². The van der Waals surface area contributed by atoms with E-state index in [1.165, 1.54) is 0 Å². The van der Waals surface area contributed by atoms with E-state index in [1.807, 2.05) is 22.2 Å². The smallest absolute Gasteiger partial charge is 0.265 e. The summed E-state index contributed by atoms with van der Waals surface area (Å²) in [6.45, 7) is 0.451. The zero-order chi connectivity index (χ0) is 14.4. The Hall–Kier alpha value is -2.54. The summed E-state index contributed by atoms with van der Waals surface area (Å²) >= 11 is 1.56. The molecule has 1 amide bonds. The van der Waals surface area contributed by atoms with Crippen LogP contribution >= 0.6 is 11.3 Å². The molecule has 4 rings (SSSR count). The molecule has 1 aliphatic heterocycles. The van der Waals surface area contributed by atoms with Crippen molar-refractivity contribution in [3.63, 3.8) is 0 Å². The van der Waals surface area contributed by atoms with Gasteiger partial charge in [0.15, 0.2) is 11.6 Å². The molecule has 1 aromatic carbocycles. The third-order valence-electron chi connectivity index (χ3n) is 3.39. The molecular weight excluding hydrogens is 288 g/mol. The predicted molar refractivity (Wildman–Crippen MR) is 80.6 cm³/mol. The fourth-order valence-electron chi connectivity index (χ4n) is 2.41. The molecule has 0 spiro atoms. The minimum Gasteiger partial charge on any atom is -0.482 e. The van der Waals surface area contributed by atoms with E-state index < -0.39 is 0 Å². The number of aromatic nitrogens is 2. The monoisotopic (exact) mass is 300 g/mol. The first kappa shape index (κ1) is 12.2. The molecule has 0 aliphatic carbocycles. The summed E-state index contributed by atoms with van der Waals surface area (Å²) in [5.41, 5.74) is 7.95. The van der Waals surface area contributed by atoms with E-state index in [0.717, 1.165) is 10.7 Å². The largest absolute Gasteiger partial charge is 0.482 e. The molecule has 0 bridgehead atoms. The second-order valence-corrected chi connectivity index (χ2v) is 5.69. The van der Waals surface area contributed by atoms with Gasteiger partial charge in [-0.15, -0.1) is 11.3 Å². The molecule has 106 valence electrons. The SMILES string of the molecule is Nc1ccc2c(c1)N(Cc1cn3ccsc3n1)C(=O)CO2. The van der Waals surface area contributed by atoms with E-state index in [4.69, 9.17) is 10.5 Å². The standard InChI is InChI=1S/C14H12N4O2S/c15-9-1-2-12-11(5-9)18(13(19)8-20-12)7-10-6-17-3-4-21-14(17)16-10/h1-6H,7-8,15H2. The summed E-state index contributed by atoms with van der Waals surface area (Å²) in [7, 11) is 0. The third kappa shape index (κ3) is 2.02. The van der Waals surface area contributed by atoms with Gasteiger partial charge in [-0.25, -0.2) is 4.98 Å². The maximum atomic E-state index is 12.2. The van der Waals surface area contributed by atoms with Gasteiger partial charge in [0.2, 0.25) is 0 Å². The third-order valence-corrected chi connectivity index (χ3v) is 4.16. The number of fused-ring (bicyclic) bond motifs is 2. The number of thiazole rings is 1. The van der Waals surface area contributed by atoms with E-state index >= 15 is 0 Å². The molecule has 0 saturated heterocycles. The van der Waals surface area contributed by atoms with Gasteiger partial charge < -0.3 is 10.5 Å². The number of carbonyl (C=O) groups is 1. The molecular formula is C14H12N4O2S. The van der Waals surface area contributed by atoms with Gasteiger partial charge in [0, 0.05) is 23.5 Å². The number of hydrogen-bond donors (Lipinski definition) is 1. The minimum atomic E-state index is -0.0931. The lowest BCUT2D eigenvalue weighted by atomic mass is 10.2. The highest BCUT2D eigenvalue weighted by atomic mass is 32.1. The van der Waals surface area contributed by atoms with Gasteiger partial charge >= 0.3 is 0 Å². The number of benzene rings is 1. The number of nitrogen functional groups attached to an aromatic ring is 1. The molecule has 3 aromatic rings. The number of anilines is 2. The molecule has 21 heavy (non-hydrogen) atoms. The van der Waals surface area contributed by atoms with Crippen LogP contribution in [0, 0.1) is 0 Å². The van der Waals surface area contributed by atoms with E-state index in [-0.39, 0.29) is 12.5 Å². The highest BCUT2D eigenvalue weighted by Crippen LogP contribution is 2.34. The van der Waals surface area contributed by atoms with Gasteiger partial charge in [-0.2, -0.15) is 0 Å². The van der Waals surface area contributed by atoms with Gasteiger partial charge in [0.05, 0.1) is 17.9 Å². The van der Waals surface area contributed by atoms with Crippen molar-refractivity contribution < 1.29 is 9.53 Å². The summed E-state index contributed by atoms with van der Waals surface area (Å²) in [4.78, 5) is 19.2. The molecule has 0 radical (unpaired) electrons. The first-order valence-electron chi connectivity index (χ1n) is 6.44. The van der Waals surface area contributed by atoms with Crippen LogP contribution in [0.5, 0.6) is 5.75 Å². The number of ether oxygens (including phenoxy) is 1. The fraction of sp³-hybridized carbons (Fsp3) is 0.143. The number of imidazole rings is 1. The van der Waals surface area contributed by atoms with Crippen LogP contribution < -0.4 is 15.4 Å². The molecule has 3 heterocycles. The average molecular weight is 300 g/mol. The van der Waals surface area contributed by atoms with E-state index in [2.05, 4.69) is 4.98 Å². The van der Waals surface area contributed by atoms with Gasteiger partial charge in [-0.05, 0) is 18.2 Å². The van der Waals surface area contributed by atoms with Gasteiger partial charge in [0.25, 0.3) is 5.91 Å². The summed E-state index contributed by atoms with van der Waals surface area (Å²) in [5, 5.41) is 1.97. The number of amides is 1. The van der Waals surface area contributed by atoms with Crippen molar-refractivity contribution in [3.05, 3.63) is 41.7 Å². The Bertz CT molecular complexity index is 810. The Labute approximate surface area is 124 Å². The molecule has 0 saturated carbocycles. The summed E-state index contributed by atoms with van der Waals surface area (Å²) in [6.07, 6.45) is 3.88. The molecule has 2 N–H and O–H groups in total. The van der Waals surface area contributed by atoms with Gasteiger partial charge in [0.1, 0.15) is 5.75 Å². The van der Waals surface area contributed by atoms with Crippen molar-refractivity contribution >= 4 is 33.6 Å². The lowest BCUT2D eigenvalue weighted by Crippen LogP contribution is -2.38. The Morgan fingerprint density at radius 3 is 3.19 bits per heavy atom. The Kier molecular flexibility index (Phi) is 2.61. The normalized spacial score (nSPS) is 14.3. The maximum absolute atomic E-state index is 12.2. The Morgan fingerprint density at radius 2 is 2.33 bits per heavy atom. The maximum Gasteiger partial charge on any atom is 0.265 e. The molecule has 0 unspecified atom stereocenters.